The second kappa shape index (κ2) is 7.06. The largest absolute Gasteiger partial charge is 0.399 e. The number of hydrogen-bond acceptors (Lipinski definition) is 4. The quantitative estimate of drug-likeness (QED) is 0.545. The van der Waals surface area contributed by atoms with E-state index in [1.807, 2.05) is 53.9 Å². The summed E-state index contributed by atoms with van der Waals surface area (Å²) in [5.74, 6) is 0. The first-order valence-corrected chi connectivity index (χ1v) is 7.72. The fourth-order valence-corrected chi connectivity index (χ4v) is 2.78. The van der Waals surface area contributed by atoms with Crippen LogP contribution in [0, 0.1) is 0 Å². The van der Waals surface area contributed by atoms with Crippen molar-refractivity contribution in [2.45, 2.75) is 0 Å². The van der Waals surface area contributed by atoms with Crippen LogP contribution in [0.4, 0.5) is 16.5 Å². The zero-order valence-electron chi connectivity index (χ0n) is 10.9. The molecular weight excluding hydrogens is 414 g/mol. The minimum atomic E-state index is 0. The summed E-state index contributed by atoms with van der Waals surface area (Å²) in [6.07, 6.45) is 0. The topological polar surface area (TPSA) is 50.9 Å². The maximum Gasteiger partial charge on any atom is 0.187 e. The number of benzene rings is 2. The van der Waals surface area contributed by atoms with Gasteiger partial charge in [0, 0.05) is 26.8 Å². The first-order valence-electron chi connectivity index (χ1n) is 6.05. The van der Waals surface area contributed by atoms with Crippen molar-refractivity contribution in [2.75, 3.05) is 11.1 Å². The summed E-state index contributed by atoms with van der Waals surface area (Å²) < 4.78 is 1.07. The lowest BCUT2D eigenvalue weighted by atomic mass is 10.2. The molecule has 0 unspecified atom stereocenters. The van der Waals surface area contributed by atoms with E-state index in [-0.39, 0.29) is 17.0 Å². The molecule has 2 aromatic carbocycles. The van der Waals surface area contributed by atoms with E-state index in [2.05, 4.69) is 26.2 Å². The number of thiazole rings is 1. The van der Waals surface area contributed by atoms with Crippen LogP contribution in [0.3, 0.4) is 0 Å². The van der Waals surface area contributed by atoms with Gasteiger partial charge in [-0.25, -0.2) is 4.98 Å². The normalized spacial score (nSPS) is 9.95. The molecule has 3 rings (SSSR count). The molecule has 3 N–H and O–H groups in total. The smallest absolute Gasteiger partial charge is 0.187 e. The molecule has 0 saturated heterocycles. The maximum absolute atomic E-state index is 5.67. The van der Waals surface area contributed by atoms with Gasteiger partial charge in [-0.3, -0.25) is 0 Å². The van der Waals surface area contributed by atoms with Crippen molar-refractivity contribution < 1.29 is 0 Å². The molecule has 3 nitrogen and oxygen atoms in total. The van der Waals surface area contributed by atoms with Crippen molar-refractivity contribution >= 4 is 60.8 Å². The third-order valence-electron chi connectivity index (χ3n) is 2.81. The average Bonchev–Trinajstić information content (AvgIpc) is 2.91. The number of halogens is 2. The molecule has 0 aliphatic heterocycles. The van der Waals surface area contributed by atoms with Gasteiger partial charge in [0.2, 0.25) is 0 Å². The molecule has 6 heteroatoms. The van der Waals surface area contributed by atoms with E-state index in [1.165, 1.54) is 0 Å². The van der Waals surface area contributed by atoms with Gasteiger partial charge in [-0.15, -0.1) is 28.3 Å². The van der Waals surface area contributed by atoms with Crippen LogP contribution in [0.5, 0.6) is 0 Å². The highest BCUT2D eigenvalue weighted by Crippen LogP contribution is 2.28. The summed E-state index contributed by atoms with van der Waals surface area (Å²) >= 11 is 5.02. The third-order valence-corrected chi connectivity index (χ3v) is 4.09. The van der Waals surface area contributed by atoms with Gasteiger partial charge in [0.05, 0.1) is 5.69 Å². The molecule has 21 heavy (non-hydrogen) atoms. The molecular formula is C15H13Br2N3S. The monoisotopic (exact) mass is 425 g/mol. The van der Waals surface area contributed by atoms with E-state index in [0.29, 0.717) is 0 Å². The number of rotatable bonds is 3. The van der Waals surface area contributed by atoms with Crippen molar-refractivity contribution in [3.63, 3.8) is 0 Å². The van der Waals surface area contributed by atoms with E-state index in [0.717, 1.165) is 32.2 Å². The fraction of sp³-hybridized carbons (Fsp3) is 0. The molecule has 3 aromatic rings. The minimum absolute atomic E-state index is 0. The Morgan fingerprint density at radius 3 is 2.33 bits per heavy atom. The van der Waals surface area contributed by atoms with Crippen LogP contribution in [0.25, 0.3) is 11.3 Å². The van der Waals surface area contributed by atoms with Gasteiger partial charge in [-0.2, -0.15) is 0 Å². The van der Waals surface area contributed by atoms with Gasteiger partial charge in [-0.1, -0.05) is 28.1 Å². The Morgan fingerprint density at radius 1 is 1.00 bits per heavy atom. The fourth-order valence-electron chi connectivity index (χ4n) is 1.77. The Hall–Kier alpha value is -1.37. The zero-order chi connectivity index (χ0) is 13.9. The molecule has 0 aliphatic carbocycles. The van der Waals surface area contributed by atoms with Crippen molar-refractivity contribution in [1.82, 2.24) is 4.98 Å². The lowest BCUT2D eigenvalue weighted by Gasteiger charge is -2.02. The van der Waals surface area contributed by atoms with Crippen LogP contribution in [0.15, 0.2) is 58.4 Å². The Bertz CT molecular complexity index is 709. The van der Waals surface area contributed by atoms with Gasteiger partial charge < -0.3 is 11.1 Å². The van der Waals surface area contributed by atoms with Crippen molar-refractivity contribution in [3.05, 3.63) is 58.4 Å². The summed E-state index contributed by atoms with van der Waals surface area (Å²) in [5.41, 5.74) is 9.48. The molecule has 0 fully saturated rings. The summed E-state index contributed by atoms with van der Waals surface area (Å²) in [6, 6.07) is 15.7. The Kier molecular flexibility index (Phi) is 5.39. The van der Waals surface area contributed by atoms with Crippen LogP contribution in [0.2, 0.25) is 0 Å². The van der Waals surface area contributed by atoms with Crippen LogP contribution in [-0.2, 0) is 0 Å². The van der Waals surface area contributed by atoms with Gasteiger partial charge in [0.1, 0.15) is 0 Å². The molecule has 1 aromatic heterocycles. The third kappa shape index (κ3) is 4.06. The minimum Gasteiger partial charge on any atom is -0.399 e. The molecule has 0 saturated carbocycles. The van der Waals surface area contributed by atoms with Crippen molar-refractivity contribution in [2.24, 2.45) is 0 Å². The van der Waals surface area contributed by atoms with Crippen LogP contribution in [0.1, 0.15) is 0 Å². The van der Waals surface area contributed by atoms with Crippen molar-refractivity contribution in [3.8, 4) is 11.3 Å². The first-order chi connectivity index (χ1) is 9.70. The second-order valence-corrected chi connectivity index (χ2v) is 6.07. The van der Waals surface area contributed by atoms with Crippen LogP contribution in [-0.4, -0.2) is 4.98 Å². The molecule has 0 radical (unpaired) electrons. The SMILES string of the molecule is Br.Nc1ccc(Nc2nc(-c3ccc(Br)cc3)cs2)cc1. The second-order valence-electron chi connectivity index (χ2n) is 4.29. The van der Waals surface area contributed by atoms with Crippen LogP contribution < -0.4 is 11.1 Å². The highest BCUT2D eigenvalue weighted by molar-refractivity contribution is 9.10. The predicted molar refractivity (Wildman–Crippen MR) is 99.7 cm³/mol. The van der Waals surface area contributed by atoms with Gasteiger partial charge in [0.25, 0.3) is 0 Å². The highest BCUT2D eigenvalue weighted by Gasteiger charge is 2.04. The molecule has 0 spiro atoms. The lowest BCUT2D eigenvalue weighted by Crippen LogP contribution is -1.90. The Balaban J connectivity index is 0.00000161. The molecule has 108 valence electrons. The Morgan fingerprint density at radius 2 is 1.67 bits per heavy atom. The summed E-state index contributed by atoms with van der Waals surface area (Å²) in [6.45, 7) is 0. The summed E-state index contributed by atoms with van der Waals surface area (Å²) in [7, 11) is 0. The number of nitrogen functional groups attached to an aromatic ring is 1. The molecule has 0 atom stereocenters. The number of nitrogens with zero attached hydrogens (tertiary/aromatic N) is 1. The van der Waals surface area contributed by atoms with E-state index in [9.17, 15) is 0 Å². The number of nitrogens with one attached hydrogen (secondary N) is 1. The van der Waals surface area contributed by atoms with Gasteiger partial charge >= 0.3 is 0 Å². The number of hydrogen-bond donors (Lipinski definition) is 2. The summed E-state index contributed by atoms with van der Waals surface area (Å²) in [4.78, 5) is 4.59. The maximum atomic E-state index is 5.67. The lowest BCUT2D eigenvalue weighted by molar-refractivity contribution is 1.38. The van der Waals surface area contributed by atoms with Gasteiger partial charge in [-0.05, 0) is 36.4 Å². The van der Waals surface area contributed by atoms with E-state index in [4.69, 9.17) is 5.73 Å². The van der Waals surface area contributed by atoms with Crippen LogP contribution >= 0.6 is 44.2 Å². The zero-order valence-corrected chi connectivity index (χ0v) is 15.0. The average molecular weight is 427 g/mol. The van der Waals surface area contributed by atoms with Gasteiger partial charge in [0.15, 0.2) is 5.13 Å². The molecule has 0 bridgehead atoms. The molecule has 1 heterocycles. The number of nitrogens with two attached hydrogens (primary N) is 1. The standard InChI is InChI=1S/C15H12BrN3S.BrH/c16-11-3-1-10(2-4-11)14-9-20-15(19-14)18-13-7-5-12(17)6-8-13;/h1-9H,17H2,(H,18,19);1H. The molecule has 0 aliphatic rings. The molecule has 0 amide bonds. The number of aromatic nitrogens is 1. The summed E-state index contributed by atoms with van der Waals surface area (Å²) in [5, 5.41) is 6.19. The van der Waals surface area contributed by atoms with E-state index >= 15 is 0 Å². The number of anilines is 3. The highest BCUT2D eigenvalue weighted by atomic mass is 79.9. The first kappa shape index (κ1) is 16.0. The van der Waals surface area contributed by atoms with Crippen molar-refractivity contribution in [1.29, 1.82) is 0 Å². The van der Waals surface area contributed by atoms with E-state index < -0.39 is 0 Å². The van der Waals surface area contributed by atoms with E-state index in [1.54, 1.807) is 11.3 Å². The Labute approximate surface area is 146 Å². The predicted octanol–water partition coefficient (Wildman–Crippen LogP) is 5.48.